The fourth-order valence-corrected chi connectivity index (χ4v) is 6.37. The van der Waals surface area contributed by atoms with E-state index in [0.29, 0.717) is 19.3 Å². The van der Waals surface area contributed by atoms with Gasteiger partial charge < -0.3 is 14.2 Å². The molecule has 0 fully saturated rings. The van der Waals surface area contributed by atoms with Gasteiger partial charge in [-0.2, -0.15) is 0 Å². The molecule has 0 aromatic heterocycles. The summed E-state index contributed by atoms with van der Waals surface area (Å²) in [7, 11) is 0. The number of carbonyl (C=O) groups is 3. The maximum Gasteiger partial charge on any atom is 0.306 e. The third kappa shape index (κ3) is 42.4. The molecule has 1 unspecified atom stereocenters. The molecule has 0 spiro atoms. The van der Waals surface area contributed by atoms with E-state index < -0.39 is 6.10 Å². The van der Waals surface area contributed by atoms with Crippen molar-refractivity contribution in [2.24, 2.45) is 0 Å². The summed E-state index contributed by atoms with van der Waals surface area (Å²) in [4.78, 5) is 37.6. The summed E-state index contributed by atoms with van der Waals surface area (Å²) < 4.78 is 16.6. The minimum Gasteiger partial charge on any atom is -0.462 e. The second kappa shape index (κ2) is 44.1. The third-order valence-corrected chi connectivity index (χ3v) is 9.85. The molecule has 0 heterocycles. The van der Waals surface area contributed by atoms with E-state index in [0.717, 1.165) is 83.5 Å². The first-order valence-electron chi connectivity index (χ1n) is 23.1. The van der Waals surface area contributed by atoms with Crippen LogP contribution in [0.1, 0.15) is 226 Å². The van der Waals surface area contributed by atoms with Gasteiger partial charge in [-0.3, -0.25) is 14.4 Å². The Morgan fingerprint density at radius 2 is 0.709 bits per heavy atom. The van der Waals surface area contributed by atoms with Crippen molar-refractivity contribution in [1.29, 1.82) is 0 Å². The lowest BCUT2D eigenvalue weighted by Crippen LogP contribution is -2.30. The van der Waals surface area contributed by atoms with E-state index in [4.69, 9.17) is 14.2 Å². The molecule has 0 rings (SSSR count). The van der Waals surface area contributed by atoms with Gasteiger partial charge in [-0.1, -0.05) is 198 Å². The molecule has 0 aliphatic rings. The van der Waals surface area contributed by atoms with Crippen molar-refractivity contribution in [3.63, 3.8) is 0 Å². The van der Waals surface area contributed by atoms with E-state index in [2.05, 4.69) is 69.4 Å². The Morgan fingerprint density at radius 3 is 1.11 bits per heavy atom. The molecule has 0 radical (unpaired) electrons. The Morgan fingerprint density at radius 1 is 0.382 bits per heavy atom. The molecule has 318 valence electrons. The van der Waals surface area contributed by atoms with Crippen LogP contribution < -0.4 is 0 Å². The molecule has 0 aromatic carbocycles. The summed E-state index contributed by atoms with van der Waals surface area (Å²) >= 11 is 0. The van der Waals surface area contributed by atoms with Crippen molar-refractivity contribution >= 4 is 17.9 Å². The SMILES string of the molecule is CC/C=C\C/C=C\C/C=C\C/C=C\CCCCC(=O)OCC(COC(=O)CCCCCCCCC)OC(=O)CCCCCCCCCCCCCCCCC. The summed E-state index contributed by atoms with van der Waals surface area (Å²) in [6.45, 7) is 6.44. The molecule has 0 saturated carbocycles. The number of unbranched alkanes of at least 4 members (excludes halogenated alkanes) is 22. The minimum atomic E-state index is -0.782. The zero-order valence-corrected chi connectivity index (χ0v) is 36.2. The van der Waals surface area contributed by atoms with Crippen LogP contribution in [0, 0.1) is 0 Å². The predicted octanol–water partition coefficient (Wildman–Crippen LogP) is 14.8. The molecule has 0 N–H and O–H groups in total. The number of carbonyl (C=O) groups excluding carboxylic acids is 3. The second-order valence-corrected chi connectivity index (χ2v) is 15.3. The van der Waals surface area contributed by atoms with Crippen LogP contribution in [0.25, 0.3) is 0 Å². The third-order valence-electron chi connectivity index (χ3n) is 9.85. The zero-order chi connectivity index (χ0) is 40.1. The molecular formula is C49H86O6. The molecule has 0 bridgehead atoms. The molecule has 55 heavy (non-hydrogen) atoms. The molecule has 0 saturated heterocycles. The highest BCUT2D eigenvalue weighted by molar-refractivity contribution is 5.71. The second-order valence-electron chi connectivity index (χ2n) is 15.3. The molecule has 6 heteroatoms. The van der Waals surface area contributed by atoms with Gasteiger partial charge in [0.25, 0.3) is 0 Å². The van der Waals surface area contributed by atoms with E-state index in [-0.39, 0.29) is 31.1 Å². The smallest absolute Gasteiger partial charge is 0.306 e. The number of hydrogen-bond acceptors (Lipinski definition) is 6. The Labute approximate surface area is 339 Å². The Balaban J connectivity index is 4.35. The maximum atomic E-state index is 12.7. The fraction of sp³-hybridized carbons (Fsp3) is 0.776. The topological polar surface area (TPSA) is 78.9 Å². The summed E-state index contributed by atoms with van der Waals surface area (Å²) in [6, 6.07) is 0. The van der Waals surface area contributed by atoms with Gasteiger partial charge in [0.05, 0.1) is 0 Å². The highest BCUT2D eigenvalue weighted by Gasteiger charge is 2.19. The van der Waals surface area contributed by atoms with E-state index in [1.807, 2.05) is 0 Å². The number of allylic oxidation sites excluding steroid dienone is 8. The standard InChI is InChI=1S/C49H86O6/c1-4-7-10-13-16-18-20-22-24-26-28-30-33-36-39-42-48(51)54-45-46(44-53-47(50)41-38-35-32-15-12-9-6-3)55-49(52)43-40-37-34-31-29-27-25-23-21-19-17-14-11-8-5-2/h7,10,16,18,22,24,28,30,46H,4-6,8-9,11-15,17,19-21,23,25-27,29,31-45H2,1-3H3/b10-7-,18-16-,24-22-,30-28-. The van der Waals surface area contributed by atoms with Crippen LogP contribution in [-0.2, 0) is 28.6 Å². The summed E-state index contributed by atoms with van der Waals surface area (Å²) in [6.07, 6.45) is 51.1. The van der Waals surface area contributed by atoms with Crippen LogP contribution in [0.2, 0.25) is 0 Å². The average Bonchev–Trinajstić information content (AvgIpc) is 3.18. The largest absolute Gasteiger partial charge is 0.462 e. The summed E-state index contributed by atoms with van der Waals surface area (Å²) in [5.41, 5.74) is 0. The quantitative estimate of drug-likeness (QED) is 0.0267. The zero-order valence-electron chi connectivity index (χ0n) is 36.2. The van der Waals surface area contributed by atoms with Crippen LogP contribution in [0.3, 0.4) is 0 Å². The van der Waals surface area contributed by atoms with Crippen molar-refractivity contribution < 1.29 is 28.6 Å². The van der Waals surface area contributed by atoms with Crippen molar-refractivity contribution in [3.05, 3.63) is 48.6 Å². The van der Waals surface area contributed by atoms with Crippen molar-refractivity contribution in [2.45, 2.75) is 232 Å². The number of ether oxygens (including phenoxy) is 3. The lowest BCUT2D eigenvalue weighted by molar-refractivity contribution is -0.167. The molecule has 1 atom stereocenters. The number of rotatable bonds is 41. The first-order chi connectivity index (χ1) is 27.0. The normalized spacial score (nSPS) is 12.4. The van der Waals surface area contributed by atoms with Gasteiger partial charge >= 0.3 is 17.9 Å². The van der Waals surface area contributed by atoms with Crippen LogP contribution in [0.4, 0.5) is 0 Å². The first-order valence-corrected chi connectivity index (χ1v) is 23.1. The van der Waals surface area contributed by atoms with Gasteiger partial charge in [-0.15, -0.1) is 0 Å². The van der Waals surface area contributed by atoms with Crippen molar-refractivity contribution in [3.8, 4) is 0 Å². The highest BCUT2D eigenvalue weighted by atomic mass is 16.6. The monoisotopic (exact) mass is 771 g/mol. The van der Waals surface area contributed by atoms with Crippen LogP contribution in [0.5, 0.6) is 0 Å². The number of esters is 3. The van der Waals surface area contributed by atoms with Gasteiger partial charge in [-0.25, -0.2) is 0 Å². The van der Waals surface area contributed by atoms with Crippen molar-refractivity contribution in [2.75, 3.05) is 13.2 Å². The van der Waals surface area contributed by atoms with Crippen molar-refractivity contribution in [1.82, 2.24) is 0 Å². The lowest BCUT2D eigenvalue weighted by atomic mass is 10.0. The summed E-state index contributed by atoms with van der Waals surface area (Å²) in [5.74, 6) is -0.931. The van der Waals surface area contributed by atoms with Gasteiger partial charge in [0.1, 0.15) is 13.2 Å². The predicted molar refractivity (Wildman–Crippen MR) is 233 cm³/mol. The number of hydrogen-bond donors (Lipinski definition) is 0. The van der Waals surface area contributed by atoms with E-state index in [1.165, 1.54) is 103 Å². The average molecular weight is 771 g/mol. The van der Waals surface area contributed by atoms with Crippen LogP contribution in [-0.4, -0.2) is 37.2 Å². The summed E-state index contributed by atoms with van der Waals surface area (Å²) in [5, 5.41) is 0. The molecule has 0 aliphatic heterocycles. The fourth-order valence-electron chi connectivity index (χ4n) is 6.37. The molecular weight excluding hydrogens is 685 g/mol. The minimum absolute atomic E-state index is 0.0843. The van der Waals surface area contributed by atoms with E-state index >= 15 is 0 Å². The molecule has 0 aliphatic carbocycles. The Bertz CT molecular complexity index is 980. The molecule has 6 nitrogen and oxygen atoms in total. The maximum absolute atomic E-state index is 12.7. The lowest BCUT2D eigenvalue weighted by Gasteiger charge is -2.18. The first kappa shape index (κ1) is 52.4. The van der Waals surface area contributed by atoms with Gasteiger partial charge in [0.15, 0.2) is 6.10 Å². The van der Waals surface area contributed by atoms with E-state index in [1.54, 1.807) is 0 Å². The molecule has 0 aromatic rings. The highest BCUT2D eigenvalue weighted by Crippen LogP contribution is 2.15. The molecule has 0 amide bonds. The van der Waals surface area contributed by atoms with Crippen LogP contribution in [0.15, 0.2) is 48.6 Å². The Hall–Kier alpha value is -2.63. The van der Waals surface area contributed by atoms with Crippen LogP contribution >= 0.6 is 0 Å². The van der Waals surface area contributed by atoms with Gasteiger partial charge in [-0.05, 0) is 57.8 Å². The Kier molecular flexibility index (Phi) is 42.0. The van der Waals surface area contributed by atoms with Gasteiger partial charge in [0, 0.05) is 19.3 Å². The van der Waals surface area contributed by atoms with Gasteiger partial charge in [0.2, 0.25) is 0 Å². The van der Waals surface area contributed by atoms with E-state index in [9.17, 15) is 14.4 Å².